The van der Waals surface area contributed by atoms with Gasteiger partial charge < -0.3 is 0 Å². The Morgan fingerprint density at radius 3 is 2.34 bits per heavy atom. The van der Waals surface area contributed by atoms with Crippen molar-refractivity contribution in [1.29, 1.82) is 0 Å². The first-order valence-corrected chi connectivity index (χ1v) is 13.7. The van der Waals surface area contributed by atoms with E-state index in [4.69, 9.17) is 0 Å². The molecular formula is C22H26N4O3S3. The number of rotatable bonds is 9. The molecule has 1 amide bonds. The molecule has 3 aromatic rings. The predicted octanol–water partition coefficient (Wildman–Crippen LogP) is 4.88. The molecule has 0 saturated heterocycles. The molecule has 0 unspecified atom stereocenters. The van der Waals surface area contributed by atoms with E-state index < -0.39 is 10.0 Å². The van der Waals surface area contributed by atoms with Crippen LogP contribution in [0.25, 0.3) is 0 Å². The van der Waals surface area contributed by atoms with Gasteiger partial charge in [-0.1, -0.05) is 60.4 Å². The molecule has 7 nitrogen and oxygen atoms in total. The number of carbonyl (C=O) groups excluding carboxylic acids is 1. The van der Waals surface area contributed by atoms with E-state index in [1.165, 1.54) is 21.9 Å². The van der Waals surface area contributed by atoms with Crippen LogP contribution in [0.4, 0.5) is 10.8 Å². The summed E-state index contributed by atoms with van der Waals surface area (Å²) in [5.74, 6) is 0.672. The summed E-state index contributed by atoms with van der Waals surface area (Å²) in [7, 11) is -3.49. The van der Waals surface area contributed by atoms with Crippen LogP contribution in [0, 0.1) is 13.8 Å². The Balaban J connectivity index is 1.74. The van der Waals surface area contributed by atoms with Gasteiger partial charge in [-0.3, -0.25) is 14.4 Å². The molecule has 0 aliphatic heterocycles. The minimum absolute atomic E-state index is 0.181. The van der Waals surface area contributed by atoms with Crippen LogP contribution in [0.3, 0.4) is 0 Å². The first kappa shape index (κ1) is 24.2. The number of para-hydroxylation sites is 1. The minimum atomic E-state index is -3.49. The van der Waals surface area contributed by atoms with Crippen molar-refractivity contribution in [2.75, 3.05) is 21.6 Å². The maximum absolute atomic E-state index is 12.6. The molecule has 0 spiro atoms. The van der Waals surface area contributed by atoms with Crippen molar-refractivity contribution in [2.45, 2.75) is 38.1 Å². The van der Waals surface area contributed by atoms with Gasteiger partial charge in [0.1, 0.15) is 0 Å². The molecule has 1 heterocycles. The second-order valence-electron chi connectivity index (χ2n) is 7.38. The number of anilines is 2. The number of aromatic nitrogens is 2. The highest BCUT2D eigenvalue weighted by Crippen LogP contribution is 2.29. The predicted molar refractivity (Wildman–Crippen MR) is 132 cm³/mol. The van der Waals surface area contributed by atoms with Crippen molar-refractivity contribution < 1.29 is 13.2 Å². The maximum Gasteiger partial charge on any atom is 0.257 e. The number of hydrogen-bond donors (Lipinski definition) is 1. The number of carbonyl (C=O) groups is 1. The van der Waals surface area contributed by atoms with E-state index >= 15 is 0 Å². The molecule has 0 atom stereocenters. The molecule has 0 fully saturated rings. The van der Waals surface area contributed by atoms with Crippen molar-refractivity contribution in [3.63, 3.8) is 0 Å². The molecule has 0 aliphatic rings. The molecule has 3 rings (SSSR count). The summed E-state index contributed by atoms with van der Waals surface area (Å²) < 4.78 is 27.3. The zero-order chi connectivity index (χ0) is 23.3. The Labute approximate surface area is 197 Å². The number of aryl methyl sites for hydroxylation is 2. The normalized spacial score (nSPS) is 11.4. The summed E-state index contributed by atoms with van der Waals surface area (Å²) in [4.78, 5) is 12.6. The zero-order valence-electron chi connectivity index (χ0n) is 18.5. The third kappa shape index (κ3) is 6.08. The minimum Gasteiger partial charge on any atom is -0.296 e. The standard InChI is InChI=1S/C22H26N4O3S3/c1-5-13-30-22-25-24-21(31-22)23-20(27)18-11-9-17(10-12-18)14-26(32(4,28)29)19-15(2)7-6-8-16(19)3/h6-12H,5,13-14H2,1-4H3,(H,23,24,27). The molecule has 10 heteroatoms. The first-order chi connectivity index (χ1) is 15.2. The number of benzene rings is 2. The second-order valence-corrected chi connectivity index (χ2v) is 11.6. The fourth-order valence-corrected chi connectivity index (χ4v) is 5.84. The monoisotopic (exact) mass is 490 g/mol. The van der Waals surface area contributed by atoms with Crippen LogP contribution in [0.1, 0.15) is 40.4 Å². The lowest BCUT2D eigenvalue weighted by molar-refractivity contribution is 0.102. The molecule has 0 radical (unpaired) electrons. The van der Waals surface area contributed by atoms with Crippen molar-refractivity contribution in [3.05, 3.63) is 64.7 Å². The Morgan fingerprint density at radius 2 is 1.75 bits per heavy atom. The van der Waals surface area contributed by atoms with Crippen molar-refractivity contribution >= 4 is 49.8 Å². The van der Waals surface area contributed by atoms with Crippen molar-refractivity contribution in [1.82, 2.24) is 10.2 Å². The molecule has 170 valence electrons. The number of hydrogen-bond acceptors (Lipinski definition) is 7. The molecule has 0 bridgehead atoms. The van der Waals surface area contributed by atoms with Crippen LogP contribution in [-0.4, -0.2) is 36.5 Å². The average Bonchev–Trinajstić information content (AvgIpc) is 3.18. The Kier molecular flexibility index (Phi) is 7.91. The Hall–Kier alpha value is -2.43. The third-order valence-electron chi connectivity index (χ3n) is 4.69. The fourth-order valence-electron chi connectivity index (χ4n) is 3.17. The summed E-state index contributed by atoms with van der Waals surface area (Å²) >= 11 is 2.96. The Morgan fingerprint density at radius 1 is 1.09 bits per heavy atom. The number of nitrogens with zero attached hydrogens (tertiary/aromatic N) is 3. The van der Waals surface area contributed by atoms with E-state index in [1.54, 1.807) is 36.0 Å². The van der Waals surface area contributed by atoms with Crippen molar-refractivity contribution in [2.24, 2.45) is 0 Å². The van der Waals surface area contributed by atoms with Crippen molar-refractivity contribution in [3.8, 4) is 0 Å². The number of sulfonamides is 1. The van der Waals surface area contributed by atoms with E-state index in [2.05, 4.69) is 22.4 Å². The average molecular weight is 491 g/mol. The molecule has 32 heavy (non-hydrogen) atoms. The summed E-state index contributed by atoms with van der Waals surface area (Å²) in [6.07, 6.45) is 2.24. The smallest absolute Gasteiger partial charge is 0.257 e. The Bertz CT molecular complexity index is 1170. The fraction of sp³-hybridized carbons (Fsp3) is 0.318. The molecule has 1 aromatic heterocycles. The maximum atomic E-state index is 12.6. The molecule has 1 N–H and O–H groups in total. The van der Waals surface area contributed by atoms with Crippen LogP contribution in [-0.2, 0) is 16.6 Å². The van der Waals surface area contributed by atoms with Gasteiger partial charge in [-0.15, -0.1) is 10.2 Å². The largest absolute Gasteiger partial charge is 0.296 e. The molecular weight excluding hydrogens is 464 g/mol. The zero-order valence-corrected chi connectivity index (χ0v) is 20.9. The molecule has 0 saturated carbocycles. The van der Waals surface area contributed by atoms with Gasteiger partial charge in [-0.2, -0.15) is 0 Å². The lowest BCUT2D eigenvalue weighted by atomic mass is 10.1. The summed E-state index contributed by atoms with van der Waals surface area (Å²) in [5.41, 5.74) is 3.71. The quantitative estimate of drug-likeness (QED) is 0.340. The summed E-state index contributed by atoms with van der Waals surface area (Å²) in [6, 6.07) is 12.6. The first-order valence-electron chi connectivity index (χ1n) is 10.1. The van der Waals surface area contributed by atoms with Crippen LogP contribution in [0.5, 0.6) is 0 Å². The summed E-state index contributed by atoms with van der Waals surface area (Å²) in [5, 5.41) is 11.3. The van der Waals surface area contributed by atoms with Gasteiger partial charge in [0, 0.05) is 11.3 Å². The number of nitrogens with one attached hydrogen (secondary N) is 1. The number of thioether (sulfide) groups is 1. The highest BCUT2D eigenvalue weighted by Gasteiger charge is 2.21. The third-order valence-corrected chi connectivity index (χ3v) is 7.98. The topological polar surface area (TPSA) is 92.3 Å². The van der Waals surface area contributed by atoms with Gasteiger partial charge in [-0.25, -0.2) is 8.42 Å². The second kappa shape index (κ2) is 10.5. The van der Waals surface area contributed by atoms with E-state index in [-0.39, 0.29) is 12.5 Å². The lowest BCUT2D eigenvalue weighted by Gasteiger charge is -2.26. The van der Waals surface area contributed by atoms with E-state index in [0.29, 0.717) is 16.4 Å². The number of amides is 1. The highest BCUT2D eigenvalue weighted by molar-refractivity contribution is 8.01. The van der Waals surface area contributed by atoms with Crippen LogP contribution in [0.15, 0.2) is 46.8 Å². The SMILES string of the molecule is CCCSc1nnc(NC(=O)c2ccc(CN(c3c(C)cccc3C)S(C)(=O)=O)cc2)s1. The molecule has 2 aromatic carbocycles. The van der Waals surface area contributed by atoms with Gasteiger partial charge in [0.15, 0.2) is 4.34 Å². The van der Waals surface area contributed by atoms with Crippen LogP contribution >= 0.6 is 23.1 Å². The summed E-state index contributed by atoms with van der Waals surface area (Å²) in [6.45, 7) is 6.07. The van der Waals surface area contributed by atoms with E-state index in [0.717, 1.165) is 33.2 Å². The van der Waals surface area contributed by atoms with Gasteiger partial charge in [0.25, 0.3) is 5.91 Å². The van der Waals surface area contributed by atoms with Gasteiger partial charge in [0.2, 0.25) is 15.2 Å². The highest BCUT2D eigenvalue weighted by atomic mass is 32.2. The van der Waals surface area contributed by atoms with Crippen LogP contribution in [0.2, 0.25) is 0 Å². The van der Waals surface area contributed by atoms with Crippen LogP contribution < -0.4 is 9.62 Å². The van der Waals surface area contributed by atoms with Gasteiger partial charge >= 0.3 is 0 Å². The van der Waals surface area contributed by atoms with Gasteiger partial charge in [0.05, 0.1) is 18.5 Å². The lowest BCUT2D eigenvalue weighted by Crippen LogP contribution is -2.30. The molecule has 0 aliphatic carbocycles. The van der Waals surface area contributed by atoms with E-state index in [1.807, 2.05) is 32.0 Å². The van der Waals surface area contributed by atoms with Gasteiger partial charge in [-0.05, 0) is 49.1 Å². The van der Waals surface area contributed by atoms with E-state index in [9.17, 15) is 13.2 Å².